The topological polar surface area (TPSA) is 97.0 Å². The average Bonchev–Trinajstić information content (AvgIpc) is 3.63. The fraction of sp³-hybridized carbons (Fsp3) is 0.348. The molecule has 2 aromatic carbocycles. The largest absolute Gasteiger partial charge is 0.493 e. The van der Waals surface area contributed by atoms with Crippen molar-refractivity contribution >= 4 is 34.8 Å². The SMILES string of the molecule is COc1ccc(NC(=O)C(=O)Nc2ccc3c(c2)N(C(=O)C2CC2)CCC3)cc1OC. The molecule has 162 valence electrons. The van der Waals surface area contributed by atoms with Gasteiger partial charge in [-0.1, -0.05) is 6.07 Å². The standard InChI is InChI=1S/C23H25N3O5/c1-30-19-10-9-17(13-20(19)31-2)25-22(28)21(27)24-16-8-7-14-4-3-11-26(18(14)12-16)23(29)15-5-6-15/h7-10,12-13,15H,3-6,11H2,1-2H3,(H,24,27)(H,25,28). The molecule has 8 heteroatoms. The van der Waals surface area contributed by atoms with Gasteiger partial charge in [-0.15, -0.1) is 0 Å². The summed E-state index contributed by atoms with van der Waals surface area (Å²) in [7, 11) is 3.00. The van der Waals surface area contributed by atoms with Crippen molar-refractivity contribution in [1.82, 2.24) is 0 Å². The maximum Gasteiger partial charge on any atom is 0.314 e. The predicted octanol–water partition coefficient (Wildman–Crippen LogP) is 2.97. The van der Waals surface area contributed by atoms with Crippen molar-refractivity contribution in [3.05, 3.63) is 42.0 Å². The zero-order chi connectivity index (χ0) is 22.0. The molecule has 3 amide bonds. The minimum Gasteiger partial charge on any atom is -0.493 e. The quantitative estimate of drug-likeness (QED) is 0.721. The monoisotopic (exact) mass is 423 g/mol. The maximum absolute atomic E-state index is 12.6. The third-order valence-corrected chi connectivity index (χ3v) is 5.50. The summed E-state index contributed by atoms with van der Waals surface area (Å²) in [5, 5.41) is 5.17. The van der Waals surface area contributed by atoms with Crippen LogP contribution in [0.3, 0.4) is 0 Å². The Morgan fingerprint density at radius 1 is 0.903 bits per heavy atom. The summed E-state index contributed by atoms with van der Waals surface area (Å²) in [6, 6.07) is 10.3. The minimum absolute atomic E-state index is 0.122. The predicted molar refractivity (Wildman–Crippen MR) is 117 cm³/mol. The smallest absolute Gasteiger partial charge is 0.314 e. The van der Waals surface area contributed by atoms with Gasteiger partial charge in [-0.3, -0.25) is 14.4 Å². The molecule has 1 aliphatic heterocycles. The van der Waals surface area contributed by atoms with Gasteiger partial charge in [0, 0.05) is 35.6 Å². The van der Waals surface area contributed by atoms with E-state index in [4.69, 9.17) is 9.47 Å². The summed E-state index contributed by atoms with van der Waals surface area (Å²) in [5.74, 6) is -0.381. The lowest BCUT2D eigenvalue weighted by atomic mass is 10.0. The number of carbonyl (C=O) groups is 3. The highest BCUT2D eigenvalue weighted by atomic mass is 16.5. The number of rotatable bonds is 5. The Balaban J connectivity index is 1.45. The Morgan fingerprint density at radius 3 is 2.19 bits per heavy atom. The van der Waals surface area contributed by atoms with E-state index < -0.39 is 11.8 Å². The first-order valence-electron chi connectivity index (χ1n) is 10.3. The van der Waals surface area contributed by atoms with Crippen molar-refractivity contribution in [3.63, 3.8) is 0 Å². The van der Waals surface area contributed by atoms with Crippen LogP contribution in [0.4, 0.5) is 17.1 Å². The Labute approximate surface area is 180 Å². The summed E-state index contributed by atoms with van der Waals surface area (Å²) in [6.45, 7) is 0.680. The van der Waals surface area contributed by atoms with E-state index in [1.165, 1.54) is 14.2 Å². The fourth-order valence-corrected chi connectivity index (χ4v) is 3.72. The molecule has 8 nitrogen and oxygen atoms in total. The summed E-state index contributed by atoms with van der Waals surface area (Å²) in [4.78, 5) is 39.2. The number of nitrogens with zero attached hydrogens (tertiary/aromatic N) is 1. The number of hydrogen-bond acceptors (Lipinski definition) is 5. The maximum atomic E-state index is 12.6. The third-order valence-electron chi connectivity index (χ3n) is 5.50. The van der Waals surface area contributed by atoms with Gasteiger partial charge in [0.05, 0.1) is 14.2 Å². The Morgan fingerprint density at radius 2 is 1.55 bits per heavy atom. The van der Waals surface area contributed by atoms with Crippen molar-refractivity contribution in [2.24, 2.45) is 5.92 Å². The van der Waals surface area contributed by atoms with Crippen LogP contribution >= 0.6 is 0 Å². The lowest BCUT2D eigenvalue weighted by molar-refractivity contribution is -0.132. The minimum atomic E-state index is -0.809. The number of anilines is 3. The first-order valence-corrected chi connectivity index (χ1v) is 10.3. The van der Waals surface area contributed by atoms with Gasteiger partial charge in [0.25, 0.3) is 0 Å². The first kappa shape index (κ1) is 20.7. The first-order chi connectivity index (χ1) is 15.0. The average molecular weight is 423 g/mol. The zero-order valence-corrected chi connectivity index (χ0v) is 17.6. The van der Waals surface area contributed by atoms with Gasteiger partial charge < -0.3 is 25.0 Å². The number of amides is 3. The molecule has 0 atom stereocenters. The number of nitrogens with one attached hydrogen (secondary N) is 2. The fourth-order valence-electron chi connectivity index (χ4n) is 3.72. The van der Waals surface area contributed by atoms with Crippen LogP contribution in [0.5, 0.6) is 11.5 Å². The third kappa shape index (κ3) is 4.47. The molecule has 0 radical (unpaired) electrons. The van der Waals surface area contributed by atoms with E-state index in [1.807, 2.05) is 11.0 Å². The lowest BCUT2D eigenvalue weighted by Gasteiger charge is -2.30. The molecule has 0 bridgehead atoms. The molecular formula is C23H25N3O5. The van der Waals surface area contributed by atoms with Crippen LogP contribution in [0.1, 0.15) is 24.8 Å². The second-order valence-corrected chi connectivity index (χ2v) is 7.69. The summed E-state index contributed by atoms with van der Waals surface area (Å²) in [5.41, 5.74) is 2.78. The van der Waals surface area contributed by atoms with Crippen molar-refractivity contribution < 1.29 is 23.9 Å². The molecule has 0 spiro atoms. The molecular weight excluding hydrogens is 398 g/mol. The van der Waals surface area contributed by atoms with Gasteiger partial charge in [-0.2, -0.15) is 0 Å². The van der Waals surface area contributed by atoms with E-state index in [1.54, 1.807) is 30.3 Å². The highest BCUT2D eigenvalue weighted by Crippen LogP contribution is 2.37. The molecule has 2 aromatic rings. The molecule has 1 aliphatic carbocycles. The van der Waals surface area contributed by atoms with Crippen molar-refractivity contribution in [2.45, 2.75) is 25.7 Å². The Kier molecular flexibility index (Phi) is 5.79. The zero-order valence-electron chi connectivity index (χ0n) is 17.6. The highest BCUT2D eigenvalue weighted by molar-refractivity contribution is 6.43. The summed E-state index contributed by atoms with van der Waals surface area (Å²) >= 11 is 0. The molecule has 1 saturated carbocycles. The van der Waals surface area contributed by atoms with E-state index in [2.05, 4.69) is 10.6 Å². The number of hydrogen-bond donors (Lipinski definition) is 2. The Hall–Kier alpha value is -3.55. The van der Waals surface area contributed by atoms with E-state index in [9.17, 15) is 14.4 Å². The molecule has 4 rings (SSSR count). The molecule has 31 heavy (non-hydrogen) atoms. The number of benzene rings is 2. The second kappa shape index (κ2) is 8.67. The second-order valence-electron chi connectivity index (χ2n) is 7.69. The molecule has 1 fully saturated rings. The molecule has 2 N–H and O–H groups in total. The highest BCUT2D eigenvalue weighted by Gasteiger charge is 2.35. The van der Waals surface area contributed by atoms with Gasteiger partial charge in [0.1, 0.15) is 0 Å². The number of ether oxygens (including phenoxy) is 2. The van der Waals surface area contributed by atoms with E-state index in [0.717, 1.165) is 36.9 Å². The summed E-state index contributed by atoms with van der Waals surface area (Å²) < 4.78 is 10.4. The number of aryl methyl sites for hydroxylation is 1. The molecule has 0 saturated heterocycles. The Bertz CT molecular complexity index is 1030. The van der Waals surface area contributed by atoms with Gasteiger partial charge in [-0.05, 0) is 55.5 Å². The normalized spacial score (nSPS) is 15.0. The van der Waals surface area contributed by atoms with Crippen molar-refractivity contribution in [3.8, 4) is 11.5 Å². The van der Waals surface area contributed by atoms with Gasteiger partial charge in [0.15, 0.2) is 11.5 Å². The molecule has 0 aromatic heterocycles. The van der Waals surface area contributed by atoms with Crippen LogP contribution in [0, 0.1) is 5.92 Å². The molecule has 2 aliphatic rings. The van der Waals surface area contributed by atoms with Crippen LogP contribution in [0.15, 0.2) is 36.4 Å². The van der Waals surface area contributed by atoms with Crippen molar-refractivity contribution in [1.29, 1.82) is 0 Å². The molecule has 0 unspecified atom stereocenters. The van der Waals surface area contributed by atoms with E-state index >= 15 is 0 Å². The lowest BCUT2D eigenvalue weighted by Crippen LogP contribution is -2.36. The van der Waals surface area contributed by atoms with Crippen LogP contribution < -0.4 is 25.0 Å². The van der Waals surface area contributed by atoms with Crippen molar-refractivity contribution in [2.75, 3.05) is 36.3 Å². The van der Waals surface area contributed by atoms with Crippen LogP contribution in [0.2, 0.25) is 0 Å². The van der Waals surface area contributed by atoms with E-state index in [0.29, 0.717) is 29.4 Å². The molecule has 1 heterocycles. The number of fused-ring (bicyclic) bond motifs is 1. The van der Waals surface area contributed by atoms with E-state index in [-0.39, 0.29) is 11.8 Å². The number of methoxy groups -OCH3 is 2. The number of carbonyl (C=O) groups excluding carboxylic acids is 3. The van der Waals surface area contributed by atoms with Crippen LogP contribution in [-0.4, -0.2) is 38.5 Å². The van der Waals surface area contributed by atoms with Crippen LogP contribution in [-0.2, 0) is 20.8 Å². The van der Waals surface area contributed by atoms with Gasteiger partial charge in [-0.25, -0.2) is 0 Å². The van der Waals surface area contributed by atoms with Gasteiger partial charge in [0.2, 0.25) is 5.91 Å². The van der Waals surface area contributed by atoms with Gasteiger partial charge >= 0.3 is 11.8 Å². The summed E-state index contributed by atoms with van der Waals surface area (Å²) in [6.07, 6.45) is 3.69. The van der Waals surface area contributed by atoms with Crippen LogP contribution in [0.25, 0.3) is 0 Å².